The fourth-order valence-corrected chi connectivity index (χ4v) is 2.40. The molecule has 0 amide bonds. The summed E-state index contributed by atoms with van der Waals surface area (Å²) in [5.74, 6) is 0. The van der Waals surface area contributed by atoms with E-state index in [1.807, 2.05) is 0 Å². The molecule has 0 aromatic rings. The summed E-state index contributed by atoms with van der Waals surface area (Å²) in [6.45, 7) is 0.265. The Morgan fingerprint density at radius 2 is 1.25 bits per heavy atom. The van der Waals surface area contributed by atoms with E-state index in [4.69, 9.17) is 20.0 Å². The minimum atomic E-state index is -4.51. The number of hydrogen-bond acceptors (Lipinski definition) is 6. The summed E-state index contributed by atoms with van der Waals surface area (Å²) in [6, 6.07) is 0. The summed E-state index contributed by atoms with van der Waals surface area (Å²) in [4.78, 5) is 26.1. The first-order chi connectivity index (χ1) is 9.27. The molecular weight excluding hydrogens is 312 g/mol. The van der Waals surface area contributed by atoms with E-state index >= 15 is 0 Å². The van der Waals surface area contributed by atoms with Crippen molar-refractivity contribution < 1.29 is 37.4 Å². The Labute approximate surface area is 118 Å². The molecule has 0 radical (unpaired) electrons. The summed E-state index contributed by atoms with van der Waals surface area (Å²) in [6.07, 6.45) is 3.40. The maximum Gasteiger partial charge on any atom is 0.472 e. The van der Waals surface area contributed by atoms with E-state index < -0.39 is 15.6 Å². The fraction of sp³-hybridized carbons (Fsp3) is 1.00. The molecule has 0 bridgehead atoms. The van der Waals surface area contributed by atoms with Crippen molar-refractivity contribution in [2.75, 3.05) is 26.4 Å². The van der Waals surface area contributed by atoms with Crippen molar-refractivity contribution in [3.8, 4) is 0 Å². The molecule has 0 spiro atoms. The zero-order valence-electron chi connectivity index (χ0n) is 11.2. The Balaban J connectivity index is 3.54. The minimum Gasteiger partial charge on any atom is -0.330 e. The number of phosphoric ester groups is 2. The Bertz CT molecular complexity index is 334. The molecule has 0 rings (SSSR count). The van der Waals surface area contributed by atoms with E-state index in [1.165, 1.54) is 0 Å². The van der Waals surface area contributed by atoms with Crippen LogP contribution in [-0.4, -0.2) is 41.0 Å². The number of rotatable bonds is 13. The van der Waals surface area contributed by atoms with Gasteiger partial charge in [0.25, 0.3) is 0 Å². The molecule has 5 N–H and O–H groups in total. The van der Waals surface area contributed by atoms with Gasteiger partial charge in [-0.05, 0) is 25.8 Å². The van der Waals surface area contributed by atoms with E-state index in [-0.39, 0.29) is 26.2 Å². The Morgan fingerprint density at radius 3 is 1.80 bits per heavy atom. The molecule has 0 aliphatic carbocycles. The maximum atomic E-state index is 11.4. The highest BCUT2D eigenvalue weighted by molar-refractivity contribution is 7.47. The molecule has 0 aliphatic heterocycles. The van der Waals surface area contributed by atoms with E-state index in [9.17, 15) is 14.0 Å². The van der Waals surface area contributed by atoms with Crippen LogP contribution in [0, 0.1) is 0 Å². The van der Waals surface area contributed by atoms with Crippen molar-refractivity contribution in [1.29, 1.82) is 0 Å². The highest BCUT2D eigenvalue weighted by Gasteiger charge is 2.20. The molecule has 0 heterocycles. The number of hydrogen-bond donors (Lipinski definition) is 4. The van der Waals surface area contributed by atoms with Crippen LogP contribution in [0.3, 0.4) is 0 Å². The molecule has 20 heavy (non-hydrogen) atoms. The van der Waals surface area contributed by atoms with Gasteiger partial charge in [0.05, 0.1) is 19.8 Å². The molecule has 122 valence electrons. The number of nitrogens with two attached hydrogens (primary N) is 1. The minimum absolute atomic E-state index is 0.0650. The molecule has 0 fully saturated rings. The quantitative estimate of drug-likeness (QED) is 0.287. The predicted octanol–water partition coefficient (Wildman–Crippen LogP) is 1.14. The number of unbranched alkanes of at least 4 members (excludes halogenated alkanes) is 3. The second kappa shape index (κ2) is 10.8. The Morgan fingerprint density at radius 1 is 0.750 bits per heavy atom. The molecule has 0 saturated heterocycles. The van der Waals surface area contributed by atoms with Crippen molar-refractivity contribution in [2.24, 2.45) is 5.73 Å². The molecule has 1 unspecified atom stereocenters. The van der Waals surface area contributed by atoms with Crippen LogP contribution in [0.25, 0.3) is 0 Å². The first-order valence-electron chi connectivity index (χ1n) is 6.29. The van der Waals surface area contributed by atoms with Crippen LogP contribution in [0.4, 0.5) is 0 Å². The fourth-order valence-electron chi connectivity index (χ4n) is 1.24. The van der Waals surface area contributed by atoms with Crippen molar-refractivity contribution in [2.45, 2.75) is 32.1 Å². The van der Waals surface area contributed by atoms with E-state index in [0.717, 1.165) is 19.3 Å². The van der Waals surface area contributed by atoms with Gasteiger partial charge in [0.15, 0.2) is 0 Å². The van der Waals surface area contributed by atoms with Crippen molar-refractivity contribution in [3.63, 3.8) is 0 Å². The van der Waals surface area contributed by atoms with Gasteiger partial charge in [-0.15, -0.1) is 0 Å². The first kappa shape index (κ1) is 20.2. The second-order valence-electron chi connectivity index (χ2n) is 4.02. The van der Waals surface area contributed by atoms with Crippen LogP contribution in [0.15, 0.2) is 0 Å². The van der Waals surface area contributed by atoms with Crippen LogP contribution in [0.5, 0.6) is 0 Å². The zero-order chi connectivity index (χ0) is 15.5. The topological polar surface area (TPSA) is 149 Å². The Hall–Kier alpha value is 0.180. The van der Waals surface area contributed by atoms with Crippen LogP contribution < -0.4 is 5.73 Å². The van der Waals surface area contributed by atoms with Gasteiger partial charge in [-0.3, -0.25) is 13.6 Å². The van der Waals surface area contributed by atoms with Crippen molar-refractivity contribution >= 4 is 15.6 Å². The normalized spacial score (nSPS) is 15.2. The lowest BCUT2D eigenvalue weighted by molar-refractivity contribution is 0.133. The monoisotopic (exact) mass is 335 g/mol. The second-order valence-corrected chi connectivity index (χ2v) is 6.71. The predicted molar refractivity (Wildman–Crippen MR) is 71.9 cm³/mol. The average molecular weight is 335 g/mol. The van der Waals surface area contributed by atoms with Gasteiger partial charge in [0.1, 0.15) is 0 Å². The molecule has 0 aromatic carbocycles. The van der Waals surface area contributed by atoms with Crippen LogP contribution >= 0.6 is 15.6 Å². The first-order valence-corrected chi connectivity index (χ1v) is 9.31. The van der Waals surface area contributed by atoms with Gasteiger partial charge < -0.3 is 20.4 Å². The third kappa shape index (κ3) is 14.6. The summed E-state index contributed by atoms with van der Waals surface area (Å²) in [5, 5.41) is 0. The summed E-state index contributed by atoms with van der Waals surface area (Å²) < 4.78 is 35.2. The van der Waals surface area contributed by atoms with Crippen molar-refractivity contribution in [3.05, 3.63) is 0 Å². The third-order valence-electron chi connectivity index (χ3n) is 2.16. The summed E-state index contributed by atoms with van der Waals surface area (Å²) in [7, 11) is -8.61. The van der Waals surface area contributed by atoms with Gasteiger partial charge in [-0.25, -0.2) is 9.13 Å². The summed E-state index contributed by atoms with van der Waals surface area (Å²) in [5.41, 5.74) is 5.32. The Kier molecular flexibility index (Phi) is 10.9. The molecular formula is C9H23NO8P2. The highest BCUT2D eigenvalue weighted by atomic mass is 31.2. The van der Waals surface area contributed by atoms with E-state index in [0.29, 0.717) is 13.0 Å². The lowest BCUT2D eigenvalue weighted by Gasteiger charge is -2.12. The smallest absolute Gasteiger partial charge is 0.330 e. The summed E-state index contributed by atoms with van der Waals surface area (Å²) >= 11 is 0. The SMILES string of the molecule is NCCCCCCOP(=O)(O)OCCCOP(=O)(O)O. The zero-order valence-corrected chi connectivity index (χ0v) is 13.0. The van der Waals surface area contributed by atoms with Gasteiger partial charge >= 0.3 is 15.6 Å². The molecule has 1 atom stereocenters. The molecule has 11 heteroatoms. The van der Waals surface area contributed by atoms with Gasteiger partial charge in [0, 0.05) is 0 Å². The van der Waals surface area contributed by atoms with Gasteiger partial charge in [-0.2, -0.15) is 0 Å². The van der Waals surface area contributed by atoms with E-state index in [2.05, 4.69) is 9.05 Å². The highest BCUT2D eigenvalue weighted by Crippen LogP contribution is 2.43. The molecule has 0 saturated carbocycles. The molecule has 0 aliphatic rings. The van der Waals surface area contributed by atoms with Crippen molar-refractivity contribution in [1.82, 2.24) is 0 Å². The maximum absolute atomic E-state index is 11.4. The van der Waals surface area contributed by atoms with E-state index in [1.54, 1.807) is 0 Å². The average Bonchev–Trinajstić information content (AvgIpc) is 2.31. The van der Waals surface area contributed by atoms with Crippen LogP contribution in [0.1, 0.15) is 32.1 Å². The largest absolute Gasteiger partial charge is 0.472 e. The van der Waals surface area contributed by atoms with Crippen LogP contribution in [-0.2, 0) is 22.7 Å². The lowest BCUT2D eigenvalue weighted by atomic mass is 10.2. The third-order valence-corrected chi connectivity index (χ3v) is 3.69. The standard InChI is InChI=1S/C9H23NO8P2/c10-6-3-1-2-4-7-17-20(14,15)18-9-5-8-16-19(11,12)13/h1-10H2,(H,14,15)(H2,11,12,13). The number of phosphoric acid groups is 2. The van der Waals surface area contributed by atoms with Crippen LogP contribution in [0.2, 0.25) is 0 Å². The molecule has 9 nitrogen and oxygen atoms in total. The van der Waals surface area contributed by atoms with Gasteiger partial charge in [-0.1, -0.05) is 12.8 Å². The lowest BCUT2D eigenvalue weighted by Crippen LogP contribution is -2.02. The van der Waals surface area contributed by atoms with Gasteiger partial charge in [0.2, 0.25) is 0 Å². The molecule has 0 aromatic heterocycles.